The molecule has 2 unspecified atom stereocenters. The van der Waals surface area contributed by atoms with Gasteiger partial charge in [-0.3, -0.25) is 0 Å². The van der Waals surface area contributed by atoms with Crippen LogP contribution >= 0.6 is 0 Å². The maximum Gasteiger partial charge on any atom is 0.0700 e. The van der Waals surface area contributed by atoms with Crippen LogP contribution in [0.5, 0.6) is 0 Å². The van der Waals surface area contributed by atoms with Crippen molar-refractivity contribution in [2.24, 2.45) is 5.73 Å². The fraction of sp³-hybridized carbons (Fsp3) is 0.600. The molecule has 0 spiro atoms. The molecule has 0 aliphatic carbocycles. The SMILES string of the molecule is Cc1ccc(C)c(C(CN)NCC2CCCO2)c1. The second-order valence-electron chi connectivity index (χ2n) is 5.19. The normalized spacial score (nSPS) is 21.2. The first kappa shape index (κ1) is 13.5. The minimum absolute atomic E-state index is 0.231. The highest BCUT2D eigenvalue weighted by Gasteiger charge is 2.18. The van der Waals surface area contributed by atoms with E-state index in [9.17, 15) is 0 Å². The number of ether oxygens (including phenoxy) is 1. The lowest BCUT2D eigenvalue weighted by atomic mass is 9.98. The van der Waals surface area contributed by atoms with Gasteiger partial charge in [0.05, 0.1) is 6.10 Å². The summed E-state index contributed by atoms with van der Waals surface area (Å²) in [4.78, 5) is 0. The maximum absolute atomic E-state index is 5.91. The van der Waals surface area contributed by atoms with Crippen LogP contribution in [0.15, 0.2) is 18.2 Å². The van der Waals surface area contributed by atoms with Crippen LogP contribution in [0, 0.1) is 13.8 Å². The van der Waals surface area contributed by atoms with E-state index in [0.29, 0.717) is 12.6 Å². The first-order valence-corrected chi connectivity index (χ1v) is 6.83. The van der Waals surface area contributed by atoms with Gasteiger partial charge in [0.15, 0.2) is 0 Å². The van der Waals surface area contributed by atoms with Crippen molar-refractivity contribution in [3.05, 3.63) is 34.9 Å². The fourth-order valence-corrected chi connectivity index (χ4v) is 2.53. The van der Waals surface area contributed by atoms with Crippen molar-refractivity contribution >= 4 is 0 Å². The molecule has 1 aromatic rings. The number of hydrogen-bond donors (Lipinski definition) is 2. The van der Waals surface area contributed by atoms with Gasteiger partial charge in [-0.2, -0.15) is 0 Å². The van der Waals surface area contributed by atoms with E-state index in [1.165, 1.54) is 23.1 Å². The van der Waals surface area contributed by atoms with Crippen LogP contribution in [0.4, 0.5) is 0 Å². The quantitative estimate of drug-likeness (QED) is 0.838. The number of rotatable bonds is 5. The molecule has 18 heavy (non-hydrogen) atoms. The molecule has 1 aliphatic heterocycles. The van der Waals surface area contributed by atoms with Gasteiger partial charge in [-0.05, 0) is 37.8 Å². The molecule has 2 atom stereocenters. The summed E-state index contributed by atoms with van der Waals surface area (Å²) in [5.41, 5.74) is 9.81. The molecule has 0 radical (unpaired) electrons. The molecule has 3 nitrogen and oxygen atoms in total. The topological polar surface area (TPSA) is 47.3 Å². The number of aryl methyl sites for hydroxylation is 2. The van der Waals surface area contributed by atoms with Crippen molar-refractivity contribution in [3.8, 4) is 0 Å². The summed E-state index contributed by atoms with van der Waals surface area (Å²) < 4.78 is 5.63. The Balaban J connectivity index is 2.00. The number of hydrogen-bond acceptors (Lipinski definition) is 3. The van der Waals surface area contributed by atoms with Crippen LogP contribution in [0.2, 0.25) is 0 Å². The highest BCUT2D eigenvalue weighted by molar-refractivity contribution is 5.33. The molecule has 3 N–H and O–H groups in total. The van der Waals surface area contributed by atoms with Crippen molar-refractivity contribution in [1.82, 2.24) is 5.32 Å². The van der Waals surface area contributed by atoms with Gasteiger partial charge in [-0.1, -0.05) is 23.8 Å². The monoisotopic (exact) mass is 248 g/mol. The molecule has 3 heteroatoms. The molecule has 1 saturated heterocycles. The van der Waals surface area contributed by atoms with Crippen molar-refractivity contribution in [1.29, 1.82) is 0 Å². The van der Waals surface area contributed by atoms with Crippen molar-refractivity contribution in [3.63, 3.8) is 0 Å². The minimum Gasteiger partial charge on any atom is -0.377 e. The highest BCUT2D eigenvalue weighted by Crippen LogP contribution is 2.19. The van der Waals surface area contributed by atoms with Gasteiger partial charge in [0, 0.05) is 25.7 Å². The highest BCUT2D eigenvalue weighted by atomic mass is 16.5. The predicted octanol–water partition coefficient (Wildman–Crippen LogP) is 2.07. The molecule has 0 aromatic heterocycles. The van der Waals surface area contributed by atoms with Crippen LogP contribution in [0.1, 0.15) is 35.6 Å². The zero-order chi connectivity index (χ0) is 13.0. The van der Waals surface area contributed by atoms with E-state index < -0.39 is 0 Å². The summed E-state index contributed by atoms with van der Waals surface area (Å²) in [5, 5.41) is 3.55. The Labute approximate surface area is 110 Å². The zero-order valence-electron chi connectivity index (χ0n) is 11.4. The van der Waals surface area contributed by atoms with E-state index in [0.717, 1.165) is 19.6 Å². The number of benzene rings is 1. The van der Waals surface area contributed by atoms with Gasteiger partial charge in [0.25, 0.3) is 0 Å². The van der Waals surface area contributed by atoms with E-state index in [2.05, 4.69) is 37.4 Å². The smallest absolute Gasteiger partial charge is 0.0700 e. The second kappa shape index (κ2) is 6.32. The Bertz CT molecular complexity index is 386. The number of nitrogens with one attached hydrogen (secondary N) is 1. The first-order valence-electron chi connectivity index (χ1n) is 6.83. The Morgan fingerprint density at radius 2 is 2.28 bits per heavy atom. The third-order valence-electron chi connectivity index (χ3n) is 3.66. The molecule has 0 saturated carbocycles. The minimum atomic E-state index is 0.231. The zero-order valence-corrected chi connectivity index (χ0v) is 11.4. The van der Waals surface area contributed by atoms with E-state index in [1.54, 1.807) is 0 Å². The Morgan fingerprint density at radius 1 is 1.44 bits per heavy atom. The summed E-state index contributed by atoms with van der Waals surface area (Å²) in [6.45, 7) is 6.69. The van der Waals surface area contributed by atoms with Crippen molar-refractivity contribution in [2.45, 2.75) is 38.8 Å². The Morgan fingerprint density at radius 3 is 2.94 bits per heavy atom. The molecule has 0 amide bonds. The van der Waals surface area contributed by atoms with Crippen LogP contribution in [-0.2, 0) is 4.74 Å². The average Bonchev–Trinajstić information content (AvgIpc) is 2.87. The van der Waals surface area contributed by atoms with E-state index in [1.807, 2.05) is 0 Å². The molecule has 1 aromatic carbocycles. The van der Waals surface area contributed by atoms with E-state index in [-0.39, 0.29) is 6.04 Å². The molecular formula is C15H24N2O. The summed E-state index contributed by atoms with van der Waals surface area (Å²) in [6, 6.07) is 6.78. The molecular weight excluding hydrogens is 224 g/mol. The second-order valence-corrected chi connectivity index (χ2v) is 5.19. The fourth-order valence-electron chi connectivity index (χ4n) is 2.53. The van der Waals surface area contributed by atoms with Crippen LogP contribution < -0.4 is 11.1 Å². The number of nitrogens with two attached hydrogens (primary N) is 1. The van der Waals surface area contributed by atoms with Crippen LogP contribution in [0.25, 0.3) is 0 Å². The Kier molecular flexibility index (Phi) is 4.75. The molecule has 2 rings (SSSR count). The standard InChI is InChI=1S/C15H24N2O/c1-11-5-6-12(2)14(8-11)15(9-16)17-10-13-4-3-7-18-13/h5-6,8,13,15,17H,3-4,7,9-10,16H2,1-2H3. The summed E-state index contributed by atoms with van der Waals surface area (Å²) in [7, 11) is 0. The van der Waals surface area contributed by atoms with Gasteiger partial charge in [0.2, 0.25) is 0 Å². The molecule has 0 bridgehead atoms. The van der Waals surface area contributed by atoms with Gasteiger partial charge < -0.3 is 15.8 Å². The van der Waals surface area contributed by atoms with Crippen molar-refractivity contribution in [2.75, 3.05) is 19.7 Å². The van der Waals surface area contributed by atoms with Crippen LogP contribution in [-0.4, -0.2) is 25.8 Å². The van der Waals surface area contributed by atoms with Gasteiger partial charge in [-0.25, -0.2) is 0 Å². The largest absolute Gasteiger partial charge is 0.377 e. The predicted molar refractivity (Wildman–Crippen MR) is 74.7 cm³/mol. The van der Waals surface area contributed by atoms with Gasteiger partial charge in [0.1, 0.15) is 0 Å². The van der Waals surface area contributed by atoms with E-state index in [4.69, 9.17) is 10.5 Å². The molecule has 100 valence electrons. The summed E-state index contributed by atoms with van der Waals surface area (Å²) >= 11 is 0. The summed E-state index contributed by atoms with van der Waals surface area (Å²) in [6.07, 6.45) is 2.71. The van der Waals surface area contributed by atoms with Crippen molar-refractivity contribution < 1.29 is 4.74 Å². The van der Waals surface area contributed by atoms with E-state index >= 15 is 0 Å². The Hall–Kier alpha value is -0.900. The summed E-state index contributed by atoms with van der Waals surface area (Å²) in [5.74, 6) is 0. The lowest BCUT2D eigenvalue weighted by molar-refractivity contribution is 0.107. The molecule has 1 fully saturated rings. The average molecular weight is 248 g/mol. The third-order valence-corrected chi connectivity index (χ3v) is 3.66. The third kappa shape index (κ3) is 3.31. The van der Waals surface area contributed by atoms with Gasteiger partial charge in [-0.15, -0.1) is 0 Å². The molecule has 1 aliphatic rings. The molecule has 1 heterocycles. The maximum atomic E-state index is 5.91. The first-order chi connectivity index (χ1) is 8.70. The lowest BCUT2D eigenvalue weighted by Crippen LogP contribution is -2.34. The lowest BCUT2D eigenvalue weighted by Gasteiger charge is -2.22. The van der Waals surface area contributed by atoms with Gasteiger partial charge >= 0.3 is 0 Å². The van der Waals surface area contributed by atoms with Crippen LogP contribution in [0.3, 0.4) is 0 Å².